The van der Waals surface area contributed by atoms with Crippen LogP contribution in [0.3, 0.4) is 0 Å². The van der Waals surface area contributed by atoms with Gasteiger partial charge in [-0.25, -0.2) is 4.68 Å². The molecule has 1 N–H and O–H groups in total. The summed E-state index contributed by atoms with van der Waals surface area (Å²) in [4.78, 5) is 16.1. The number of piperidine rings is 1. The lowest BCUT2D eigenvalue weighted by Gasteiger charge is -2.22. The molecule has 1 amide bonds. The first-order valence-corrected chi connectivity index (χ1v) is 10.2. The summed E-state index contributed by atoms with van der Waals surface area (Å²) < 4.78 is 7.08. The van der Waals surface area contributed by atoms with Gasteiger partial charge in [0.15, 0.2) is 5.69 Å². The Morgan fingerprint density at radius 1 is 1.29 bits per heavy atom. The van der Waals surface area contributed by atoms with E-state index in [-0.39, 0.29) is 5.91 Å². The van der Waals surface area contributed by atoms with Crippen LogP contribution in [0.5, 0.6) is 5.75 Å². The summed E-state index contributed by atoms with van der Waals surface area (Å²) >= 11 is 1.63. The van der Waals surface area contributed by atoms with Crippen LogP contribution in [-0.4, -0.2) is 41.1 Å². The highest BCUT2D eigenvalue weighted by molar-refractivity contribution is 7.09. The Kier molecular flexibility index (Phi) is 5.68. The molecular weight excluding hydrogens is 374 g/mol. The molecule has 2 aromatic heterocycles. The zero-order chi connectivity index (χ0) is 19.3. The van der Waals surface area contributed by atoms with Crippen molar-refractivity contribution >= 4 is 22.9 Å². The van der Waals surface area contributed by atoms with Crippen molar-refractivity contribution in [2.24, 2.45) is 0 Å². The molecule has 28 heavy (non-hydrogen) atoms. The van der Waals surface area contributed by atoms with E-state index in [1.165, 1.54) is 0 Å². The third-order valence-corrected chi connectivity index (χ3v) is 5.80. The number of anilines is 1. The lowest BCUT2D eigenvalue weighted by molar-refractivity contribution is 0.0980. The Hall–Kier alpha value is -2.71. The van der Waals surface area contributed by atoms with Crippen LogP contribution in [0.4, 0.5) is 5.69 Å². The van der Waals surface area contributed by atoms with Crippen LogP contribution in [0.15, 0.2) is 48.0 Å². The summed E-state index contributed by atoms with van der Waals surface area (Å²) in [5.41, 5.74) is 1.17. The van der Waals surface area contributed by atoms with Gasteiger partial charge < -0.3 is 15.0 Å². The van der Waals surface area contributed by atoms with E-state index in [0.717, 1.165) is 42.2 Å². The minimum atomic E-state index is -0.154. The maximum Gasteiger partial charge on any atom is 0.280 e. The standard InChI is InChI=1S/C20H23N5O2S/c1-27-17-6-4-15(5-7-17)24(13-18-3-2-12-28-18)20(26)19-14-25(23-22-19)16-8-10-21-11-9-16/h2-7,12,14,16,21H,8-11,13H2,1H3. The van der Waals surface area contributed by atoms with Gasteiger partial charge >= 0.3 is 0 Å². The van der Waals surface area contributed by atoms with Crippen molar-refractivity contribution in [1.82, 2.24) is 20.3 Å². The van der Waals surface area contributed by atoms with Crippen molar-refractivity contribution in [3.8, 4) is 5.75 Å². The van der Waals surface area contributed by atoms with Crippen LogP contribution >= 0.6 is 11.3 Å². The van der Waals surface area contributed by atoms with Gasteiger partial charge in [-0.1, -0.05) is 11.3 Å². The minimum absolute atomic E-state index is 0.154. The number of rotatable bonds is 6. The third-order valence-electron chi connectivity index (χ3n) is 4.94. The van der Waals surface area contributed by atoms with Crippen molar-refractivity contribution in [1.29, 1.82) is 0 Å². The van der Waals surface area contributed by atoms with Gasteiger partial charge in [-0.3, -0.25) is 4.79 Å². The Labute approximate surface area is 167 Å². The Morgan fingerprint density at radius 2 is 2.07 bits per heavy atom. The SMILES string of the molecule is COc1ccc(N(Cc2cccs2)C(=O)c2cn(C3CCNCC3)nn2)cc1. The molecule has 1 aromatic carbocycles. The molecule has 1 fully saturated rings. The fourth-order valence-corrected chi connectivity index (χ4v) is 4.06. The van der Waals surface area contributed by atoms with Crippen molar-refractivity contribution < 1.29 is 9.53 Å². The van der Waals surface area contributed by atoms with E-state index in [1.54, 1.807) is 29.5 Å². The van der Waals surface area contributed by atoms with E-state index in [4.69, 9.17) is 4.74 Å². The number of hydrogen-bond acceptors (Lipinski definition) is 6. The lowest BCUT2D eigenvalue weighted by atomic mass is 10.1. The van der Waals surface area contributed by atoms with Crippen molar-refractivity contribution in [2.75, 3.05) is 25.1 Å². The van der Waals surface area contributed by atoms with Crippen LogP contribution in [0.25, 0.3) is 0 Å². The summed E-state index contributed by atoms with van der Waals surface area (Å²) in [5, 5.41) is 13.8. The predicted molar refractivity (Wildman–Crippen MR) is 109 cm³/mol. The number of hydrogen-bond donors (Lipinski definition) is 1. The van der Waals surface area contributed by atoms with Crippen LogP contribution in [0.1, 0.15) is 34.2 Å². The molecule has 3 heterocycles. The number of amides is 1. The van der Waals surface area contributed by atoms with E-state index in [0.29, 0.717) is 18.3 Å². The first kappa shape index (κ1) is 18.6. The lowest BCUT2D eigenvalue weighted by Crippen LogP contribution is -2.31. The number of benzene rings is 1. The number of carbonyl (C=O) groups is 1. The second-order valence-electron chi connectivity index (χ2n) is 6.73. The maximum atomic E-state index is 13.3. The molecule has 0 spiro atoms. The summed E-state index contributed by atoms with van der Waals surface area (Å²) in [5.74, 6) is 0.600. The summed E-state index contributed by atoms with van der Waals surface area (Å²) in [6, 6.07) is 11.8. The molecular formula is C20H23N5O2S. The van der Waals surface area contributed by atoms with Gasteiger partial charge in [-0.15, -0.1) is 16.4 Å². The molecule has 7 nitrogen and oxygen atoms in total. The summed E-state index contributed by atoms with van der Waals surface area (Å²) in [6.07, 6.45) is 3.77. The van der Waals surface area contributed by atoms with Gasteiger partial charge in [0.05, 0.1) is 25.9 Å². The molecule has 0 unspecified atom stereocenters. The van der Waals surface area contributed by atoms with Gasteiger partial charge in [-0.2, -0.15) is 0 Å². The highest BCUT2D eigenvalue weighted by Crippen LogP contribution is 2.25. The van der Waals surface area contributed by atoms with E-state index in [9.17, 15) is 4.79 Å². The van der Waals surface area contributed by atoms with E-state index >= 15 is 0 Å². The van der Waals surface area contributed by atoms with Gasteiger partial charge in [0.25, 0.3) is 5.91 Å². The Bertz CT molecular complexity index is 901. The first-order valence-electron chi connectivity index (χ1n) is 9.35. The molecule has 4 rings (SSSR count). The van der Waals surface area contributed by atoms with Gasteiger partial charge in [0.1, 0.15) is 5.75 Å². The zero-order valence-electron chi connectivity index (χ0n) is 15.7. The monoisotopic (exact) mass is 397 g/mol. The number of nitrogens with one attached hydrogen (secondary N) is 1. The number of nitrogens with zero attached hydrogens (tertiary/aromatic N) is 4. The molecule has 0 atom stereocenters. The van der Waals surface area contributed by atoms with Gasteiger partial charge in [0.2, 0.25) is 0 Å². The summed E-state index contributed by atoms with van der Waals surface area (Å²) in [6.45, 7) is 2.41. The molecule has 1 aliphatic heterocycles. The highest BCUT2D eigenvalue weighted by atomic mass is 32.1. The zero-order valence-corrected chi connectivity index (χ0v) is 16.6. The van der Waals surface area contributed by atoms with Crippen LogP contribution in [-0.2, 0) is 6.54 Å². The predicted octanol–water partition coefficient (Wildman–Crippen LogP) is 3.12. The van der Waals surface area contributed by atoms with Crippen molar-refractivity contribution in [2.45, 2.75) is 25.4 Å². The fourth-order valence-electron chi connectivity index (χ4n) is 3.36. The van der Waals surface area contributed by atoms with E-state index < -0.39 is 0 Å². The van der Waals surface area contributed by atoms with Crippen LogP contribution < -0.4 is 15.0 Å². The molecule has 0 saturated carbocycles. The average molecular weight is 398 g/mol. The molecule has 0 bridgehead atoms. The number of thiophene rings is 1. The van der Waals surface area contributed by atoms with Crippen molar-refractivity contribution in [3.05, 3.63) is 58.5 Å². The van der Waals surface area contributed by atoms with Crippen molar-refractivity contribution in [3.63, 3.8) is 0 Å². The smallest absolute Gasteiger partial charge is 0.280 e. The molecule has 1 aliphatic rings. The van der Waals surface area contributed by atoms with E-state index in [1.807, 2.05) is 46.5 Å². The van der Waals surface area contributed by atoms with Crippen LogP contribution in [0.2, 0.25) is 0 Å². The quantitative estimate of drug-likeness (QED) is 0.692. The normalized spacial score (nSPS) is 14.8. The fraction of sp³-hybridized carbons (Fsp3) is 0.350. The Morgan fingerprint density at radius 3 is 2.75 bits per heavy atom. The largest absolute Gasteiger partial charge is 0.497 e. The molecule has 3 aromatic rings. The number of ether oxygens (including phenoxy) is 1. The molecule has 146 valence electrons. The number of aromatic nitrogens is 3. The first-order chi connectivity index (χ1) is 13.7. The highest BCUT2D eigenvalue weighted by Gasteiger charge is 2.24. The molecule has 1 saturated heterocycles. The molecule has 8 heteroatoms. The second-order valence-corrected chi connectivity index (χ2v) is 7.77. The topological polar surface area (TPSA) is 72.3 Å². The minimum Gasteiger partial charge on any atom is -0.497 e. The number of methoxy groups -OCH3 is 1. The Balaban J connectivity index is 1.59. The van der Waals surface area contributed by atoms with Crippen LogP contribution in [0, 0.1) is 0 Å². The molecule has 0 aliphatic carbocycles. The average Bonchev–Trinajstić information content (AvgIpc) is 3.44. The van der Waals surface area contributed by atoms with E-state index in [2.05, 4.69) is 15.6 Å². The second kappa shape index (κ2) is 8.53. The molecule has 0 radical (unpaired) electrons. The van der Waals surface area contributed by atoms with Gasteiger partial charge in [0, 0.05) is 10.6 Å². The maximum absolute atomic E-state index is 13.3. The van der Waals surface area contributed by atoms with Gasteiger partial charge in [-0.05, 0) is 61.6 Å². The third kappa shape index (κ3) is 4.07. The number of carbonyl (C=O) groups excluding carboxylic acids is 1. The summed E-state index contributed by atoms with van der Waals surface area (Å²) in [7, 11) is 1.63.